The average Bonchev–Trinajstić information content (AvgIpc) is 2.72. The lowest BCUT2D eigenvalue weighted by molar-refractivity contribution is 0.316. The number of hydrogen-bond donors (Lipinski definition) is 0. The van der Waals surface area contributed by atoms with Crippen molar-refractivity contribution in [3.63, 3.8) is 0 Å². The predicted molar refractivity (Wildman–Crippen MR) is 119 cm³/mol. The summed E-state index contributed by atoms with van der Waals surface area (Å²) in [5.41, 5.74) is 1.50. The van der Waals surface area contributed by atoms with Gasteiger partial charge in [0.1, 0.15) is 11.5 Å². The standard InChI is InChI=1S/C24H30O4S/c1-5-9-19-17-21(11-13-23(19)27-15-7-3)29(25,26)22-12-14-24(28-16-8-4)20(18-22)10-6-2/h5-6,9-14,17-18H,7-8,15-16H2,1-4H3. The van der Waals surface area contributed by atoms with Gasteiger partial charge < -0.3 is 9.47 Å². The Morgan fingerprint density at radius 3 is 1.52 bits per heavy atom. The zero-order valence-corrected chi connectivity index (χ0v) is 18.5. The number of sulfone groups is 1. The minimum atomic E-state index is -3.67. The van der Waals surface area contributed by atoms with Crippen molar-refractivity contribution in [1.82, 2.24) is 0 Å². The maximum atomic E-state index is 13.3. The van der Waals surface area contributed by atoms with E-state index in [2.05, 4.69) is 0 Å². The van der Waals surface area contributed by atoms with Gasteiger partial charge in [0.25, 0.3) is 0 Å². The van der Waals surface area contributed by atoms with Crippen molar-refractivity contribution in [1.29, 1.82) is 0 Å². The molecule has 0 saturated carbocycles. The van der Waals surface area contributed by atoms with Crippen LogP contribution in [0.5, 0.6) is 11.5 Å². The first-order valence-corrected chi connectivity index (χ1v) is 11.5. The first-order valence-electron chi connectivity index (χ1n) is 10.0. The van der Waals surface area contributed by atoms with Crippen molar-refractivity contribution in [3.8, 4) is 11.5 Å². The molecular formula is C24H30O4S. The fourth-order valence-electron chi connectivity index (χ4n) is 2.83. The molecule has 2 aromatic rings. The van der Waals surface area contributed by atoms with E-state index in [1.54, 1.807) is 36.4 Å². The number of hydrogen-bond acceptors (Lipinski definition) is 4. The van der Waals surface area contributed by atoms with Crippen LogP contribution < -0.4 is 9.47 Å². The maximum Gasteiger partial charge on any atom is 0.206 e. The highest BCUT2D eigenvalue weighted by atomic mass is 32.2. The van der Waals surface area contributed by atoms with Crippen molar-refractivity contribution in [2.24, 2.45) is 0 Å². The lowest BCUT2D eigenvalue weighted by Gasteiger charge is -2.13. The van der Waals surface area contributed by atoms with Gasteiger partial charge >= 0.3 is 0 Å². The Morgan fingerprint density at radius 2 is 1.17 bits per heavy atom. The Kier molecular flexibility index (Phi) is 8.52. The summed E-state index contributed by atoms with van der Waals surface area (Å²) in [7, 11) is -3.67. The van der Waals surface area contributed by atoms with Crippen LogP contribution >= 0.6 is 0 Å². The quantitative estimate of drug-likeness (QED) is 0.467. The maximum absolute atomic E-state index is 13.3. The van der Waals surface area contributed by atoms with Crippen LogP contribution in [0, 0.1) is 0 Å². The van der Waals surface area contributed by atoms with Gasteiger partial charge in [0, 0.05) is 11.1 Å². The summed E-state index contributed by atoms with van der Waals surface area (Å²) < 4.78 is 38.0. The number of ether oxygens (including phenoxy) is 2. The Morgan fingerprint density at radius 1 is 0.759 bits per heavy atom. The third-order valence-electron chi connectivity index (χ3n) is 4.20. The second-order valence-corrected chi connectivity index (χ2v) is 8.55. The number of rotatable bonds is 10. The molecule has 2 aromatic carbocycles. The molecule has 0 atom stereocenters. The van der Waals surface area contributed by atoms with Crippen molar-refractivity contribution in [2.75, 3.05) is 13.2 Å². The van der Waals surface area contributed by atoms with E-state index in [4.69, 9.17) is 9.47 Å². The zero-order valence-electron chi connectivity index (χ0n) is 17.6. The first-order chi connectivity index (χ1) is 14.0. The molecule has 0 aliphatic heterocycles. The van der Waals surface area contributed by atoms with Crippen LogP contribution in [0.15, 0.2) is 58.3 Å². The topological polar surface area (TPSA) is 52.6 Å². The lowest BCUT2D eigenvalue weighted by atomic mass is 10.2. The molecule has 5 heteroatoms. The van der Waals surface area contributed by atoms with E-state index in [0.717, 1.165) is 24.0 Å². The van der Waals surface area contributed by atoms with Gasteiger partial charge in [-0.1, -0.05) is 38.2 Å². The molecular weight excluding hydrogens is 384 g/mol. The highest BCUT2D eigenvalue weighted by Gasteiger charge is 2.20. The molecule has 4 nitrogen and oxygen atoms in total. The summed E-state index contributed by atoms with van der Waals surface area (Å²) in [6.45, 7) is 9.02. The smallest absolute Gasteiger partial charge is 0.206 e. The molecule has 2 rings (SSSR count). The van der Waals surface area contributed by atoms with E-state index in [-0.39, 0.29) is 9.79 Å². The third kappa shape index (κ3) is 5.73. The summed E-state index contributed by atoms with van der Waals surface area (Å²) >= 11 is 0. The Balaban J connectivity index is 2.48. The van der Waals surface area contributed by atoms with E-state index in [9.17, 15) is 8.42 Å². The summed E-state index contributed by atoms with van der Waals surface area (Å²) in [6.07, 6.45) is 9.22. The van der Waals surface area contributed by atoms with E-state index in [0.29, 0.717) is 24.7 Å². The molecule has 0 N–H and O–H groups in total. The van der Waals surface area contributed by atoms with Crippen LogP contribution in [0.3, 0.4) is 0 Å². The van der Waals surface area contributed by atoms with Gasteiger partial charge in [0.05, 0.1) is 23.0 Å². The number of benzene rings is 2. The second kappa shape index (κ2) is 10.9. The zero-order chi connectivity index (χ0) is 21.3. The van der Waals surface area contributed by atoms with Gasteiger partial charge in [-0.2, -0.15) is 0 Å². The van der Waals surface area contributed by atoms with Gasteiger partial charge in [-0.3, -0.25) is 0 Å². The third-order valence-corrected chi connectivity index (χ3v) is 5.95. The van der Waals surface area contributed by atoms with Crippen molar-refractivity contribution >= 4 is 22.0 Å². The summed E-state index contributed by atoms with van der Waals surface area (Å²) in [4.78, 5) is 0.478. The normalized spacial score (nSPS) is 12.0. The van der Waals surface area contributed by atoms with Crippen molar-refractivity contribution in [2.45, 2.75) is 50.3 Å². The van der Waals surface area contributed by atoms with Gasteiger partial charge in [-0.05, 0) is 63.1 Å². The van der Waals surface area contributed by atoms with E-state index < -0.39 is 9.84 Å². The number of allylic oxidation sites excluding steroid dienone is 2. The first kappa shape index (κ1) is 22.8. The molecule has 156 valence electrons. The molecule has 0 aromatic heterocycles. The minimum absolute atomic E-state index is 0.239. The Labute approximate surface area is 174 Å². The fraction of sp³-hybridized carbons (Fsp3) is 0.333. The Bertz CT molecular complexity index is 899. The monoisotopic (exact) mass is 414 g/mol. The summed E-state index contributed by atoms with van der Waals surface area (Å²) in [6, 6.07) is 9.98. The van der Waals surface area contributed by atoms with Gasteiger partial charge in [-0.25, -0.2) is 8.42 Å². The molecule has 0 fully saturated rings. The highest BCUT2D eigenvalue weighted by molar-refractivity contribution is 7.91. The fourth-order valence-corrected chi connectivity index (χ4v) is 4.16. The molecule has 0 aliphatic rings. The molecule has 0 aliphatic carbocycles. The van der Waals surface area contributed by atoms with Crippen molar-refractivity contribution < 1.29 is 17.9 Å². The van der Waals surface area contributed by atoms with E-state index in [1.165, 1.54) is 0 Å². The van der Waals surface area contributed by atoms with Gasteiger partial charge in [0.2, 0.25) is 9.84 Å². The molecule has 0 amide bonds. The van der Waals surface area contributed by atoms with Crippen LogP contribution in [-0.2, 0) is 9.84 Å². The minimum Gasteiger partial charge on any atom is -0.493 e. The van der Waals surface area contributed by atoms with Crippen LogP contribution in [0.4, 0.5) is 0 Å². The molecule has 0 bridgehead atoms. The lowest BCUT2D eigenvalue weighted by Crippen LogP contribution is -2.05. The molecule has 0 spiro atoms. The summed E-state index contributed by atoms with van der Waals surface area (Å²) in [5.74, 6) is 1.36. The second-order valence-electron chi connectivity index (χ2n) is 6.60. The van der Waals surface area contributed by atoms with Gasteiger partial charge in [-0.15, -0.1) is 0 Å². The van der Waals surface area contributed by atoms with Crippen LogP contribution in [0.25, 0.3) is 12.2 Å². The molecule has 0 heterocycles. The Hall–Kier alpha value is -2.53. The molecule has 0 radical (unpaired) electrons. The van der Waals surface area contributed by atoms with Crippen LogP contribution in [0.2, 0.25) is 0 Å². The SMILES string of the molecule is CC=Cc1cc(S(=O)(=O)c2ccc(OCCC)c(C=CC)c2)ccc1OCCC. The largest absolute Gasteiger partial charge is 0.493 e. The molecule has 0 saturated heterocycles. The van der Waals surface area contributed by atoms with Crippen molar-refractivity contribution in [3.05, 3.63) is 59.7 Å². The van der Waals surface area contributed by atoms with Crippen LogP contribution in [0.1, 0.15) is 51.7 Å². The van der Waals surface area contributed by atoms with Crippen LogP contribution in [-0.4, -0.2) is 21.6 Å². The average molecular weight is 415 g/mol. The molecule has 29 heavy (non-hydrogen) atoms. The summed E-state index contributed by atoms with van der Waals surface area (Å²) in [5, 5.41) is 0. The van der Waals surface area contributed by atoms with E-state index in [1.807, 2.05) is 52.0 Å². The highest BCUT2D eigenvalue weighted by Crippen LogP contribution is 2.31. The molecule has 0 unspecified atom stereocenters. The predicted octanol–water partition coefficient (Wildman–Crippen LogP) is 6.16. The van der Waals surface area contributed by atoms with E-state index >= 15 is 0 Å². The van der Waals surface area contributed by atoms with Gasteiger partial charge in [0.15, 0.2) is 0 Å².